The summed E-state index contributed by atoms with van der Waals surface area (Å²) in [5.41, 5.74) is 2.60. The van der Waals surface area contributed by atoms with Crippen LogP contribution in [0.2, 0.25) is 0 Å². The Balaban J connectivity index is 1.81. The molecule has 25 heavy (non-hydrogen) atoms. The number of nitrogens with zero attached hydrogens (tertiary/aromatic N) is 2. The van der Waals surface area contributed by atoms with Crippen LogP contribution in [0.3, 0.4) is 0 Å². The fourth-order valence-electron chi connectivity index (χ4n) is 4.17. The Bertz CT molecular complexity index is 591. The number of nitrogens with one attached hydrogen (secondary N) is 1. The van der Waals surface area contributed by atoms with Gasteiger partial charge in [-0.1, -0.05) is 19.9 Å². The Hall–Kier alpha value is -0.620. The van der Waals surface area contributed by atoms with Crippen molar-refractivity contribution < 1.29 is 4.55 Å². The molecule has 1 radical (unpaired) electrons. The van der Waals surface area contributed by atoms with Gasteiger partial charge in [0, 0.05) is 35.2 Å². The van der Waals surface area contributed by atoms with Crippen LogP contribution < -0.4 is 4.72 Å². The number of piperidine rings is 1. The molecule has 1 N–H and O–H groups in total. The van der Waals surface area contributed by atoms with Gasteiger partial charge < -0.3 is 9.45 Å². The van der Waals surface area contributed by atoms with E-state index in [0.29, 0.717) is 0 Å². The molecule has 4 nitrogen and oxygen atoms in total. The van der Waals surface area contributed by atoms with E-state index in [1.54, 1.807) is 0 Å². The molecule has 0 saturated carbocycles. The lowest BCUT2D eigenvalue weighted by atomic mass is 9.73. The number of aromatic nitrogens is 1. The average Bonchev–Trinajstić information content (AvgIpc) is 2.82. The quantitative estimate of drug-likeness (QED) is 0.834. The lowest BCUT2D eigenvalue weighted by molar-refractivity contribution is 0.0865. The molecule has 1 spiro atoms. The molecule has 0 unspecified atom stereocenters. The van der Waals surface area contributed by atoms with Crippen LogP contribution in [0.15, 0.2) is 18.3 Å². The third-order valence-corrected chi connectivity index (χ3v) is 7.10. The van der Waals surface area contributed by atoms with Crippen molar-refractivity contribution in [3.63, 3.8) is 0 Å². The number of hydrogen-bond acceptors (Lipinski definition) is 4. The molecule has 5 heteroatoms. The van der Waals surface area contributed by atoms with E-state index in [-0.39, 0.29) is 16.2 Å². The first-order valence-corrected chi connectivity index (χ1v) is 10.5. The van der Waals surface area contributed by atoms with Crippen molar-refractivity contribution >= 4 is 11.4 Å². The lowest BCUT2D eigenvalue weighted by Crippen LogP contribution is -2.50. The predicted octanol–water partition coefficient (Wildman–Crippen LogP) is 3.43. The number of hydrogen-bond donors (Lipinski definition) is 1. The second-order valence-electron chi connectivity index (χ2n) is 8.99. The van der Waals surface area contributed by atoms with Gasteiger partial charge in [0.1, 0.15) is 4.75 Å². The summed E-state index contributed by atoms with van der Waals surface area (Å²) in [5, 5.41) is 0. The Morgan fingerprint density at radius 2 is 2.04 bits per heavy atom. The van der Waals surface area contributed by atoms with Gasteiger partial charge in [0.2, 0.25) is 0 Å². The van der Waals surface area contributed by atoms with E-state index in [1.807, 2.05) is 33.0 Å². The molecule has 1 aliphatic carbocycles. The van der Waals surface area contributed by atoms with Crippen molar-refractivity contribution in [1.82, 2.24) is 14.6 Å². The van der Waals surface area contributed by atoms with Crippen molar-refractivity contribution in [2.45, 2.75) is 64.7 Å². The van der Waals surface area contributed by atoms with E-state index in [1.165, 1.54) is 17.2 Å². The van der Waals surface area contributed by atoms with Crippen molar-refractivity contribution in [2.24, 2.45) is 5.41 Å². The normalized spacial score (nSPS) is 24.7. The van der Waals surface area contributed by atoms with Gasteiger partial charge in [0.15, 0.2) is 0 Å². The minimum Gasteiger partial charge on any atom is -0.598 e. The molecule has 1 fully saturated rings. The lowest BCUT2D eigenvalue weighted by Gasteiger charge is -2.44. The summed E-state index contributed by atoms with van der Waals surface area (Å²) in [4.78, 5) is 7.19. The predicted molar refractivity (Wildman–Crippen MR) is 104 cm³/mol. The third kappa shape index (κ3) is 4.05. The fraction of sp³-hybridized carbons (Fsp3) is 0.700. The molecule has 0 amide bonds. The van der Waals surface area contributed by atoms with E-state index in [4.69, 9.17) is 0 Å². The van der Waals surface area contributed by atoms with Gasteiger partial charge in [0.05, 0.1) is 6.04 Å². The first kappa shape index (κ1) is 19.2. The van der Waals surface area contributed by atoms with Gasteiger partial charge in [-0.2, -0.15) is 0 Å². The Morgan fingerprint density at radius 3 is 2.64 bits per heavy atom. The van der Waals surface area contributed by atoms with Gasteiger partial charge in [-0.3, -0.25) is 4.98 Å². The second-order valence-corrected chi connectivity index (χ2v) is 11.0. The molecule has 1 aliphatic heterocycles. The number of rotatable bonds is 4. The molecular formula is C20H32N3OS. The molecule has 3 rings (SSSR count). The highest BCUT2D eigenvalue weighted by Crippen LogP contribution is 2.52. The number of likely N-dealkylation sites (tertiary alicyclic amines) is 1. The van der Waals surface area contributed by atoms with Crippen LogP contribution in [0, 0.1) is 11.3 Å². The molecule has 1 aromatic rings. The van der Waals surface area contributed by atoms with Crippen LogP contribution in [0.25, 0.3) is 0 Å². The maximum atomic E-state index is 12.8. The summed E-state index contributed by atoms with van der Waals surface area (Å²) in [6, 6.07) is 4.33. The molecule has 1 saturated heterocycles. The minimum absolute atomic E-state index is 0.144. The minimum atomic E-state index is -1.08. The molecule has 139 valence electrons. The fourth-order valence-corrected chi connectivity index (χ4v) is 5.11. The summed E-state index contributed by atoms with van der Waals surface area (Å²) in [7, 11) is 0. The molecule has 1 aromatic heterocycles. The number of fused-ring (bicyclic) bond motifs is 1. The third-order valence-electron chi connectivity index (χ3n) is 5.54. The first-order chi connectivity index (χ1) is 11.7. The second kappa shape index (κ2) is 7.18. The zero-order valence-corrected chi connectivity index (χ0v) is 17.1. The smallest absolute Gasteiger partial charge is 0.136 e. The van der Waals surface area contributed by atoms with E-state index in [0.717, 1.165) is 38.9 Å². The zero-order chi connectivity index (χ0) is 18.2. The topological polar surface area (TPSA) is 51.2 Å². The number of pyridine rings is 1. The highest BCUT2D eigenvalue weighted by atomic mass is 32.2. The van der Waals surface area contributed by atoms with Gasteiger partial charge >= 0.3 is 0 Å². The van der Waals surface area contributed by atoms with Crippen LogP contribution in [-0.4, -0.2) is 38.8 Å². The van der Waals surface area contributed by atoms with E-state index in [2.05, 4.69) is 34.5 Å². The molecule has 0 aromatic carbocycles. The standard InChI is InChI=1S/C20H32N3OS/c1-15(2)14-23-11-8-20(9-12-23)13-17-16(7-6-10-21-17)18(20)22-25(24)19(3,4)5/h6-7,10,18,22H,8-9,11-14H2,1-5H3/t18-,25-/m1/s1. The van der Waals surface area contributed by atoms with Crippen molar-refractivity contribution in [3.8, 4) is 0 Å². The monoisotopic (exact) mass is 362 g/mol. The summed E-state index contributed by atoms with van der Waals surface area (Å²) in [6.45, 7) is 13.8. The van der Waals surface area contributed by atoms with Gasteiger partial charge in [-0.05, 0) is 70.7 Å². The molecule has 0 bridgehead atoms. The van der Waals surface area contributed by atoms with Crippen molar-refractivity contribution in [2.75, 3.05) is 19.6 Å². The molecule has 2 aliphatic rings. The Kier molecular flexibility index (Phi) is 5.50. The highest BCUT2D eigenvalue weighted by molar-refractivity contribution is 7.90. The van der Waals surface area contributed by atoms with Crippen LogP contribution in [0.5, 0.6) is 0 Å². The highest BCUT2D eigenvalue weighted by Gasteiger charge is 2.50. The van der Waals surface area contributed by atoms with Crippen LogP contribution >= 0.6 is 0 Å². The van der Waals surface area contributed by atoms with Gasteiger partial charge in [-0.15, -0.1) is 4.72 Å². The summed E-state index contributed by atoms with van der Waals surface area (Å²) in [6.07, 6.45) is 5.16. The molecule has 2 heterocycles. The first-order valence-electron chi connectivity index (χ1n) is 9.34. The zero-order valence-electron chi connectivity index (χ0n) is 16.3. The van der Waals surface area contributed by atoms with E-state index >= 15 is 0 Å². The van der Waals surface area contributed by atoms with E-state index < -0.39 is 11.4 Å². The Morgan fingerprint density at radius 1 is 1.36 bits per heavy atom. The largest absolute Gasteiger partial charge is 0.598 e. The van der Waals surface area contributed by atoms with Gasteiger partial charge in [0.25, 0.3) is 0 Å². The summed E-state index contributed by atoms with van der Waals surface area (Å²) < 4.78 is 16.1. The van der Waals surface area contributed by atoms with Crippen LogP contribution in [-0.2, 0) is 17.8 Å². The maximum absolute atomic E-state index is 12.8. The van der Waals surface area contributed by atoms with Crippen LogP contribution in [0.4, 0.5) is 0 Å². The maximum Gasteiger partial charge on any atom is 0.136 e. The summed E-state index contributed by atoms with van der Waals surface area (Å²) in [5.74, 6) is 1.47. The van der Waals surface area contributed by atoms with Gasteiger partial charge in [-0.25, -0.2) is 0 Å². The molecule has 2 atom stereocenters. The van der Waals surface area contributed by atoms with Crippen LogP contribution in [0.1, 0.15) is 64.8 Å². The SMILES string of the molecule is C[C](C)CN1CCC2(CC1)Cc1ncccc1[C@H]2N[S@+]([O-])C(C)(C)C. The van der Waals surface area contributed by atoms with E-state index in [9.17, 15) is 4.55 Å². The Labute approximate surface area is 156 Å². The van der Waals surface area contributed by atoms with Crippen molar-refractivity contribution in [3.05, 3.63) is 35.5 Å². The van der Waals surface area contributed by atoms with Crippen molar-refractivity contribution in [1.29, 1.82) is 0 Å². The summed E-state index contributed by atoms with van der Waals surface area (Å²) >= 11 is -1.08. The molecular weight excluding hydrogens is 330 g/mol. The average molecular weight is 363 g/mol.